The van der Waals surface area contributed by atoms with Gasteiger partial charge in [0.25, 0.3) is 0 Å². The first-order valence-electron chi connectivity index (χ1n) is 4.67. The summed E-state index contributed by atoms with van der Waals surface area (Å²) < 4.78 is 0. The highest BCUT2D eigenvalue weighted by molar-refractivity contribution is 5.85. The molecule has 0 rings (SSSR count). The normalized spacial score (nSPS) is 9.93. The molecule has 0 heterocycles. The first-order valence-corrected chi connectivity index (χ1v) is 4.67. The molecule has 0 aliphatic carbocycles. The van der Waals surface area contributed by atoms with E-state index in [0.29, 0.717) is 12.0 Å². The minimum atomic E-state index is -0.900. The molecule has 0 radical (unpaired) electrons. The van der Waals surface area contributed by atoms with Crippen LogP contribution in [0.1, 0.15) is 33.6 Å². The lowest BCUT2D eigenvalue weighted by Gasteiger charge is -1.87. The monoisotopic (exact) mass is 214 g/mol. The van der Waals surface area contributed by atoms with Crippen LogP contribution in [0.3, 0.4) is 0 Å². The molecule has 86 valence electrons. The molecule has 0 bridgehead atoms. The number of carbonyl (C=O) groups is 2. The van der Waals surface area contributed by atoms with Gasteiger partial charge in [0.1, 0.15) is 0 Å². The third kappa shape index (κ3) is 10.3. The van der Waals surface area contributed by atoms with E-state index in [1.54, 1.807) is 19.9 Å². The fraction of sp³-hybridized carbons (Fsp3) is 0.455. The number of carboxylic acid groups (broad SMARTS) is 2. The number of hydrogen-bond acceptors (Lipinski definition) is 2. The topological polar surface area (TPSA) is 74.6 Å². The minimum Gasteiger partial charge on any atom is -0.478 e. The highest BCUT2D eigenvalue weighted by Gasteiger charge is 1.96. The van der Waals surface area contributed by atoms with Crippen molar-refractivity contribution in [3.63, 3.8) is 0 Å². The van der Waals surface area contributed by atoms with Crippen LogP contribution >= 0.6 is 0 Å². The second-order valence-corrected chi connectivity index (χ2v) is 2.86. The molecule has 4 heteroatoms. The van der Waals surface area contributed by atoms with Gasteiger partial charge in [-0.1, -0.05) is 26.5 Å². The van der Waals surface area contributed by atoms with Gasteiger partial charge in [0.15, 0.2) is 0 Å². The van der Waals surface area contributed by atoms with Crippen LogP contribution in [0.4, 0.5) is 0 Å². The van der Waals surface area contributed by atoms with Gasteiger partial charge in [-0.15, -0.1) is 0 Å². The van der Waals surface area contributed by atoms with E-state index in [2.05, 4.69) is 6.58 Å². The molecule has 4 nitrogen and oxygen atoms in total. The van der Waals surface area contributed by atoms with Gasteiger partial charge in [-0.3, -0.25) is 0 Å². The van der Waals surface area contributed by atoms with Crippen molar-refractivity contribution in [3.05, 3.63) is 23.8 Å². The Balaban J connectivity index is 0. The Hall–Kier alpha value is -1.58. The molecule has 0 aromatic carbocycles. The van der Waals surface area contributed by atoms with Crippen LogP contribution in [0.15, 0.2) is 23.8 Å². The summed E-state index contributed by atoms with van der Waals surface area (Å²) in [6, 6.07) is 0. The van der Waals surface area contributed by atoms with E-state index < -0.39 is 11.9 Å². The molecule has 0 saturated carbocycles. The molecule has 0 spiro atoms. The highest BCUT2D eigenvalue weighted by atomic mass is 16.4. The smallest absolute Gasteiger partial charge is 0.330 e. The van der Waals surface area contributed by atoms with Gasteiger partial charge >= 0.3 is 11.9 Å². The Kier molecular flexibility index (Phi) is 9.52. The standard InChI is InChI=1S/C6H10O2.C5H8O2/c1-3-4-5(2)6(7)8;1-3-4(2)5(6)7/h4H,3H2,1-2H3,(H,7,8);2-3H2,1H3,(H,6,7). The van der Waals surface area contributed by atoms with Crippen molar-refractivity contribution in [2.75, 3.05) is 0 Å². The second kappa shape index (κ2) is 8.99. The molecule has 2 N–H and O–H groups in total. The van der Waals surface area contributed by atoms with Gasteiger partial charge in [0, 0.05) is 11.1 Å². The maximum absolute atomic E-state index is 10.0. The Morgan fingerprint density at radius 3 is 1.73 bits per heavy atom. The first-order chi connectivity index (χ1) is 6.86. The summed E-state index contributed by atoms with van der Waals surface area (Å²) in [4.78, 5) is 19.9. The summed E-state index contributed by atoms with van der Waals surface area (Å²) in [5, 5.41) is 16.3. The zero-order valence-corrected chi connectivity index (χ0v) is 9.41. The molecule has 0 aromatic rings. The van der Waals surface area contributed by atoms with Crippen molar-refractivity contribution in [1.82, 2.24) is 0 Å². The molecule has 15 heavy (non-hydrogen) atoms. The van der Waals surface area contributed by atoms with Crippen molar-refractivity contribution in [3.8, 4) is 0 Å². The molecule has 0 unspecified atom stereocenters. The summed E-state index contributed by atoms with van der Waals surface area (Å²) in [6.07, 6.45) is 3.00. The Morgan fingerprint density at radius 1 is 1.20 bits per heavy atom. The lowest BCUT2D eigenvalue weighted by Crippen LogP contribution is -1.95. The average molecular weight is 214 g/mol. The van der Waals surface area contributed by atoms with Crippen LogP contribution < -0.4 is 0 Å². The number of carboxylic acids is 2. The van der Waals surface area contributed by atoms with Gasteiger partial charge in [0.05, 0.1) is 0 Å². The zero-order chi connectivity index (χ0) is 12.4. The van der Waals surface area contributed by atoms with Crippen LogP contribution in [0.2, 0.25) is 0 Å². The van der Waals surface area contributed by atoms with Crippen molar-refractivity contribution >= 4 is 11.9 Å². The quantitative estimate of drug-likeness (QED) is 0.705. The van der Waals surface area contributed by atoms with Gasteiger partial charge in [-0.25, -0.2) is 9.59 Å². The summed E-state index contributed by atoms with van der Waals surface area (Å²) in [5.41, 5.74) is 0.688. The predicted octanol–water partition coefficient (Wildman–Crippen LogP) is 2.46. The van der Waals surface area contributed by atoms with E-state index in [1.165, 1.54) is 0 Å². The van der Waals surface area contributed by atoms with Crippen LogP contribution in [0.5, 0.6) is 0 Å². The molecular formula is C11H18O4. The number of hydrogen-bond donors (Lipinski definition) is 2. The molecule has 0 fully saturated rings. The van der Waals surface area contributed by atoms with E-state index in [4.69, 9.17) is 10.2 Å². The lowest BCUT2D eigenvalue weighted by molar-refractivity contribution is -0.133. The number of aliphatic carboxylic acids is 2. The fourth-order valence-corrected chi connectivity index (χ4v) is 0.545. The Bertz CT molecular complexity index is 264. The predicted molar refractivity (Wildman–Crippen MR) is 58.8 cm³/mol. The molecule has 0 aliphatic heterocycles. The highest BCUT2D eigenvalue weighted by Crippen LogP contribution is 1.93. The minimum absolute atomic E-state index is 0.264. The number of rotatable bonds is 4. The molecule has 0 saturated heterocycles. The van der Waals surface area contributed by atoms with Crippen LogP contribution in [-0.4, -0.2) is 22.2 Å². The Morgan fingerprint density at radius 2 is 1.67 bits per heavy atom. The van der Waals surface area contributed by atoms with Crippen molar-refractivity contribution < 1.29 is 19.8 Å². The van der Waals surface area contributed by atoms with Crippen LogP contribution in [-0.2, 0) is 9.59 Å². The fourth-order valence-electron chi connectivity index (χ4n) is 0.545. The molecule has 0 aliphatic rings. The second-order valence-electron chi connectivity index (χ2n) is 2.86. The maximum Gasteiger partial charge on any atom is 0.330 e. The van der Waals surface area contributed by atoms with Crippen molar-refractivity contribution in [1.29, 1.82) is 0 Å². The van der Waals surface area contributed by atoms with Crippen molar-refractivity contribution in [2.45, 2.75) is 33.6 Å². The van der Waals surface area contributed by atoms with Crippen LogP contribution in [0, 0.1) is 0 Å². The first kappa shape index (κ1) is 15.9. The largest absolute Gasteiger partial charge is 0.478 e. The van der Waals surface area contributed by atoms with E-state index in [0.717, 1.165) is 6.42 Å². The summed E-state index contributed by atoms with van der Waals surface area (Å²) in [5.74, 6) is -1.73. The zero-order valence-electron chi connectivity index (χ0n) is 9.41. The van der Waals surface area contributed by atoms with E-state index in [9.17, 15) is 9.59 Å². The van der Waals surface area contributed by atoms with E-state index >= 15 is 0 Å². The molecule has 0 amide bonds. The third-order valence-electron chi connectivity index (χ3n) is 1.58. The maximum atomic E-state index is 10.0. The van der Waals surface area contributed by atoms with E-state index in [1.807, 2.05) is 6.92 Å². The van der Waals surface area contributed by atoms with Gasteiger partial charge in [-0.2, -0.15) is 0 Å². The van der Waals surface area contributed by atoms with Gasteiger partial charge in [-0.05, 0) is 19.8 Å². The molecular weight excluding hydrogens is 196 g/mol. The van der Waals surface area contributed by atoms with Crippen LogP contribution in [0.25, 0.3) is 0 Å². The Labute approximate surface area is 89.9 Å². The summed E-state index contributed by atoms with van der Waals surface area (Å²) in [6.45, 7) is 8.53. The third-order valence-corrected chi connectivity index (χ3v) is 1.58. The SMILES string of the molecule is C=C(CC)C(=O)O.CCC=C(C)C(=O)O. The molecule has 0 aromatic heterocycles. The van der Waals surface area contributed by atoms with Crippen molar-refractivity contribution in [2.24, 2.45) is 0 Å². The summed E-state index contributed by atoms with van der Waals surface area (Å²) in [7, 11) is 0. The van der Waals surface area contributed by atoms with Gasteiger partial charge < -0.3 is 10.2 Å². The van der Waals surface area contributed by atoms with Gasteiger partial charge in [0.2, 0.25) is 0 Å². The average Bonchev–Trinajstić information content (AvgIpc) is 2.17. The lowest BCUT2D eigenvalue weighted by atomic mass is 10.2. The van der Waals surface area contributed by atoms with E-state index in [-0.39, 0.29) is 5.57 Å². The number of allylic oxidation sites excluding steroid dienone is 1. The summed E-state index contributed by atoms with van der Waals surface area (Å²) >= 11 is 0. The molecule has 0 atom stereocenters.